The van der Waals surface area contributed by atoms with E-state index < -0.39 is 26.9 Å². The SMILES string of the molecule is CC1CCC(c2ccccc2)S(=O)(=O)N1Cc1cc(F)c(N2CC3CC2C[C@H]3n2cnnc2)cc1F. The van der Waals surface area contributed by atoms with E-state index in [0.717, 1.165) is 18.4 Å². The lowest BCUT2D eigenvalue weighted by molar-refractivity contribution is 0.278. The number of aromatic nitrogens is 3. The number of nitrogens with zero attached hydrogens (tertiary/aromatic N) is 5. The van der Waals surface area contributed by atoms with Crippen LogP contribution < -0.4 is 4.90 Å². The zero-order chi connectivity index (χ0) is 25.0. The topological polar surface area (TPSA) is 71.3 Å². The van der Waals surface area contributed by atoms with Gasteiger partial charge in [-0.3, -0.25) is 0 Å². The van der Waals surface area contributed by atoms with Crippen molar-refractivity contribution in [3.8, 4) is 0 Å². The third kappa shape index (κ3) is 3.91. The number of halogens is 2. The van der Waals surface area contributed by atoms with Crippen LogP contribution in [0.3, 0.4) is 0 Å². The Hall–Kier alpha value is -2.85. The van der Waals surface area contributed by atoms with Crippen LogP contribution >= 0.6 is 0 Å². The van der Waals surface area contributed by atoms with Gasteiger partial charge in [0.05, 0.1) is 5.69 Å². The highest BCUT2D eigenvalue weighted by Gasteiger charge is 2.46. The van der Waals surface area contributed by atoms with Gasteiger partial charge in [0, 0.05) is 42.8 Å². The van der Waals surface area contributed by atoms with Gasteiger partial charge in [0.15, 0.2) is 0 Å². The van der Waals surface area contributed by atoms with Crippen LogP contribution in [0.5, 0.6) is 0 Å². The van der Waals surface area contributed by atoms with Gasteiger partial charge >= 0.3 is 0 Å². The largest absolute Gasteiger partial charge is 0.366 e. The Labute approximate surface area is 209 Å². The van der Waals surface area contributed by atoms with E-state index in [9.17, 15) is 8.42 Å². The monoisotopic (exact) mass is 513 g/mol. The van der Waals surface area contributed by atoms with Crippen LogP contribution in [-0.2, 0) is 16.6 Å². The van der Waals surface area contributed by atoms with Gasteiger partial charge in [-0.1, -0.05) is 30.3 Å². The van der Waals surface area contributed by atoms with Gasteiger partial charge in [-0.25, -0.2) is 17.2 Å². The van der Waals surface area contributed by atoms with Crippen molar-refractivity contribution < 1.29 is 17.2 Å². The average Bonchev–Trinajstić information content (AvgIpc) is 3.61. The van der Waals surface area contributed by atoms with E-state index in [1.807, 2.05) is 46.7 Å². The molecular weight excluding hydrogens is 484 g/mol. The molecule has 0 radical (unpaired) electrons. The molecule has 4 unspecified atom stereocenters. The van der Waals surface area contributed by atoms with Gasteiger partial charge < -0.3 is 9.47 Å². The predicted octanol–water partition coefficient (Wildman–Crippen LogP) is 4.45. The van der Waals surface area contributed by atoms with Crippen LogP contribution in [0.15, 0.2) is 55.1 Å². The summed E-state index contributed by atoms with van der Waals surface area (Å²) in [6.45, 7) is 2.28. The number of piperidine rings is 1. The van der Waals surface area contributed by atoms with Gasteiger partial charge in [0.1, 0.15) is 29.5 Å². The standard InChI is InChI=1S/C26H29F2N5O2S/c1-17-7-8-26(18-5-3-2-4-6-18)36(34,35)33(17)14-19-10-23(28)25(12-22(19)27)32-13-20-9-21(32)11-24(20)31-15-29-30-16-31/h2-6,10,12,15-17,20-21,24,26H,7-9,11,13-14H2,1H3/t17?,20?,21?,24-,26?/m1/s1. The summed E-state index contributed by atoms with van der Waals surface area (Å²) >= 11 is 0. The molecule has 2 aliphatic heterocycles. The summed E-state index contributed by atoms with van der Waals surface area (Å²) in [5.41, 5.74) is 1.04. The number of rotatable bonds is 5. The van der Waals surface area contributed by atoms with E-state index >= 15 is 8.78 Å². The van der Waals surface area contributed by atoms with Crippen molar-refractivity contribution in [3.05, 3.63) is 77.9 Å². The fourth-order valence-electron chi connectivity index (χ4n) is 6.41. The normalized spacial score (nSPS) is 29.6. The first-order valence-electron chi connectivity index (χ1n) is 12.5. The quantitative estimate of drug-likeness (QED) is 0.504. The minimum Gasteiger partial charge on any atom is -0.366 e. The second kappa shape index (κ2) is 8.92. The van der Waals surface area contributed by atoms with Crippen LogP contribution in [0.2, 0.25) is 0 Å². The molecule has 190 valence electrons. The summed E-state index contributed by atoms with van der Waals surface area (Å²) in [5, 5.41) is 7.10. The van der Waals surface area contributed by atoms with Gasteiger partial charge in [0.2, 0.25) is 10.0 Å². The van der Waals surface area contributed by atoms with Crippen LogP contribution in [-0.4, -0.2) is 46.1 Å². The molecule has 1 aliphatic carbocycles. The van der Waals surface area contributed by atoms with Gasteiger partial charge in [-0.2, -0.15) is 4.31 Å². The van der Waals surface area contributed by atoms with Crippen molar-refractivity contribution in [2.45, 2.75) is 62.5 Å². The molecule has 2 aromatic carbocycles. The molecule has 3 aromatic rings. The number of anilines is 1. The number of fused-ring (bicyclic) bond motifs is 2. The third-order valence-electron chi connectivity index (χ3n) is 8.27. The highest BCUT2D eigenvalue weighted by Crippen LogP contribution is 2.47. The maximum atomic E-state index is 15.4. The van der Waals surface area contributed by atoms with E-state index in [0.29, 0.717) is 25.3 Å². The molecule has 2 saturated heterocycles. The van der Waals surface area contributed by atoms with Gasteiger partial charge in [0.25, 0.3) is 0 Å². The first kappa shape index (κ1) is 23.5. The minimum atomic E-state index is -3.73. The zero-order valence-corrected chi connectivity index (χ0v) is 20.9. The molecule has 5 atom stereocenters. The Balaban J connectivity index is 1.23. The lowest BCUT2D eigenvalue weighted by Crippen LogP contribution is -2.45. The molecule has 6 rings (SSSR count). The second-order valence-electron chi connectivity index (χ2n) is 10.3. The summed E-state index contributed by atoms with van der Waals surface area (Å²) in [7, 11) is -3.73. The van der Waals surface area contributed by atoms with Crippen LogP contribution in [0, 0.1) is 17.6 Å². The summed E-state index contributed by atoms with van der Waals surface area (Å²) in [4.78, 5) is 1.96. The van der Waals surface area contributed by atoms with Crippen molar-refractivity contribution in [1.82, 2.24) is 19.1 Å². The van der Waals surface area contributed by atoms with Crippen molar-refractivity contribution in [2.24, 2.45) is 5.92 Å². The molecule has 0 N–H and O–H groups in total. The molecule has 3 heterocycles. The molecule has 36 heavy (non-hydrogen) atoms. The predicted molar refractivity (Wildman–Crippen MR) is 132 cm³/mol. The van der Waals surface area contributed by atoms with Crippen molar-refractivity contribution in [2.75, 3.05) is 11.4 Å². The lowest BCUT2D eigenvalue weighted by atomic mass is 10.0. The van der Waals surface area contributed by atoms with Crippen LogP contribution in [0.25, 0.3) is 0 Å². The molecule has 7 nitrogen and oxygen atoms in total. The van der Waals surface area contributed by atoms with E-state index in [1.54, 1.807) is 12.7 Å². The molecular formula is C26H29F2N5O2S. The Morgan fingerprint density at radius 2 is 1.75 bits per heavy atom. The van der Waals surface area contributed by atoms with E-state index in [4.69, 9.17) is 0 Å². The van der Waals surface area contributed by atoms with Crippen LogP contribution in [0.4, 0.5) is 14.5 Å². The first-order chi connectivity index (χ1) is 17.3. The Morgan fingerprint density at radius 1 is 1.00 bits per heavy atom. The average molecular weight is 514 g/mol. The van der Waals surface area contributed by atoms with Crippen LogP contribution in [0.1, 0.15) is 55.0 Å². The fraction of sp³-hybridized carbons (Fsp3) is 0.462. The van der Waals surface area contributed by atoms with Crippen molar-refractivity contribution >= 4 is 15.7 Å². The summed E-state index contributed by atoms with van der Waals surface area (Å²) in [6.07, 6.45) is 6.33. The molecule has 0 spiro atoms. The van der Waals surface area contributed by atoms with E-state index in [2.05, 4.69) is 10.2 Å². The molecule has 3 fully saturated rings. The minimum absolute atomic E-state index is 0.0621. The zero-order valence-electron chi connectivity index (χ0n) is 20.0. The number of hydrogen-bond donors (Lipinski definition) is 0. The third-order valence-corrected chi connectivity index (χ3v) is 10.6. The van der Waals surface area contributed by atoms with E-state index in [1.165, 1.54) is 16.4 Å². The fourth-order valence-corrected chi connectivity index (χ4v) is 8.59. The van der Waals surface area contributed by atoms with Gasteiger partial charge in [-0.15, -0.1) is 10.2 Å². The molecule has 10 heteroatoms. The molecule has 3 aliphatic rings. The van der Waals surface area contributed by atoms with Crippen molar-refractivity contribution in [1.29, 1.82) is 0 Å². The highest BCUT2D eigenvalue weighted by atomic mass is 32.2. The van der Waals surface area contributed by atoms with Gasteiger partial charge in [-0.05, 0) is 50.2 Å². The Kier molecular flexibility index (Phi) is 5.83. The lowest BCUT2D eigenvalue weighted by Gasteiger charge is -2.38. The molecule has 1 saturated carbocycles. The molecule has 2 bridgehead atoms. The van der Waals surface area contributed by atoms with Crippen molar-refractivity contribution in [3.63, 3.8) is 0 Å². The highest BCUT2D eigenvalue weighted by molar-refractivity contribution is 7.89. The molecule has 1 aromatic heterocycles. The maximum absolute atomic E-state index is 15.4. The summed E-state index contributed by atoms with van der Waals surface area (Å²) in [6, 6.07) is 11.6. The molecule has 0 amide bonds. The maximum Gasteiger partial charge on any atom is 0.221 e. The second-order valence-corrected chi connectivity index (χ2v) is 12.4. The number of hydrogen-bond acceptors (Lipinski definition) is 5. The number of benzene rings is 2. The summed E-state index contributed by atoms with van der Waals surface area (Å²) in [5.74, 6) is -0.766. The Morgan fingerprint density at radius 3 is 2.44 bits per heavy atom. The van der Waals surface area contributed by atoms with E-state index in [-0.39, 0.29) is 35.9 Å². The first-order valence-corrected chi connectivity index (χ1v) is 14.0. The Bertz CT molecular complexity index is 1350. The number of sulfonamides is 1. The summed E-state index contributed by atoms with van der Waals surface area (Å²) < 4.78 is 61.1. The smallest absolute Gasteiger partial charge is 0.221 e.